The number of hydrogen-bond donors (Lipinski definition) is 1. The third-order valence-corrected chi connectivity index (χ3v) is 5.82. The van der Waals surface area contributed by atoms with Gasteiger partial charge in [-0.3, -0.25) is 9.59 Å². The highest BCUT2D eigenvalue weighted by atomic mass is 19.1. The van der Waals surface area contributed by atoms with Gasteiger partial charge in [-0.1, -0.05) is 55.5 Å². The molecule has 1 fully saturated rings. The standard InChI is InChI=1S/C28H26FNO4/c1-2-18-34-21-14-12-20(13-15-21)26(31)24-25(22-10-6-7-11-23(22)29)30(28(33)27(24)32)17-16-19-8-4-3-5-9-19/h3-15,25,31H,2,16-18H2,1H3. The zero-order valence-electron chi connectivity index (χ0n) is 18.9. The maximum Gasteiger partial charge on any atom is 0.295 e. The van der Waals surface area contributed by atoms with E-state index >= 15 is 0 Å². The van der Waals surface area contributed by atoms with Crippen molar-refractivity contribution in [3.05, 3.63) is 107 Å². The Morgan fingerprint density at radius 2 is 1.65 bits per heavy atom. The van der Waals surface area contributed by atoms with Gasteiger partial charge in [0.25, 0.3) is 11.7 Å². The van der Waals surface area contributed by atoms with Crippen LogP contribution in [-0.4, -0.2) is 34.8 Å². The predicted octanol–water partition coefficient (Wildman–Crippen LogP) is 5.28. The SMILES string of the molecule is CCCOc1ccc(C(O)=C2C(=O)C(=O)N(CCc3ccccc3)C2c2ccccc2F)cc1. The Labute approximate surface area is 198 Å². The van der Waals surface area contributed by atoms with Gasteiger partial charge in [0.2, 0.25) is 0 Å². The van der Waals surface area contributed by atoms with Crippen LogP contribution in [0.2, 0.25) is 0 Å². The van der Waals surface area contributed by atoms with Gasteiger partial charge in [0.05, 0.1) is 18.2 Å². The van der Waals surface area contributed by atoms with Crippen molar-refractivity contribution in [1.29, 1.82) is 0 Å². The summed E-state index contributed by atoms with van der Waals surface area (Å²) in [7, 11) is 0. The normalized spacial score (nSPS) is 17.2. The molecule has 3 aromatic carbocycles. The molecule has 1 heterocycles. The van der Waals surface area contributed by atoms with E-state index < -0.39 is 23.5 Å². The Morgan fingerprint density at radius 1 is 0.971 bits per heavy atom. The Morgan fingerprint density at radius 3 is 2.32 bits per heavy atom. The van der Waals surface area contributed by atoms with Crippen molar-refractivity contribution < 1.29 is 23.8 Å². The highest BCUT2D eigenvalue weighted by Crippen LogP contribution is 2.40. The molecule has 0 aliphatic carbocycles. The molecule has 174 valence electrons. The van der Waals surface area contributed by atoms with Gasteiger partial charge in [-0.25, -0.2) is 4.39 Å². The number of rotatable bonds is 8. The van der Waals surface area contributed by atoms with Gasteiger partial charge in [-0.15, -0.1) is 0 Å². The van der Waals surface area contributed by atoms with E-state index in [1.165, 1.54) is 17.0 Å². The number of amides is 1. The van der Waals surface area contributed by atoms with Crippen molar-refractivity contribution in [2.75, 3.05) is 13.2 Å². The summed E-state index contributed by atoms with van der Waals surface area (Å²) < 4.78 is 20.4. The van der Waals surface area contributed by atoms with Crippen molar-refractivity contribution in [2.24, 2.45) is 0 Å². The van der Waals surface area contributed by atoms with E-state index in [2.05, 4.69) is 0 Å². The van der Waals surface area contributed by atoms with E-state index in [9.17, 15) is 19.1 Å². The molecular formula is C28H26FNO4. The number of ether oxygens (including phenoxy) is 1. The summed E-state index contributed by atoms with van der Waals surface area (Å²) in [5, 5.41) is 11.1. The van der Waals surface area contributed by atoms with Crippen LogP contribution in [0.5, 0.6) is 5.75 Å². The summed E-state index contributed by atoms with van der Waals surface area (Å²) in [6.45, 7) is 2.76. The maximum atomic E-state index is 14.9. The van der Waals surface area contributed by atoms with Crippen LogP contribution >= 0.6 is 0 Å². The Bertz CT molecular complexity index is 1200. The van der Waals surface area contributed by atoms with Crippen LogP contribution < -0.4 is 4.74 Å². The minimum absolute atomic E-state index is 0.120. The first-order valence-electron chi connectivity index (χ1n) is 11.3. The summed E-state index contributed by atoms with van der Waals surface area (Å²) in [5.41, 5.74) is 1.38. The fourth-order valence-electron chi connectivity index (χ4n) is 4.11. The fraction of sp³-hybridized carbons (Fsp3) is 0.214. The second-order valence-corrected chi connectivity index (χ2v) is 8.12. The number of carbonyl (C=O) groups is 2. The molecule has 1 aliphatic heterocycles. The molecule has 1 unspecified atom stereocenters. The van der Waals surface area contributed by atoms with Crippen LogP contribution in [0.15, 0.2) is 84.4 Å². The van der Waals surface area contributed by atoms with Crippen LogP contribution in [0, 0.1) is 5.82 Å². The van der Waals surface area contributed by atoms with E-state index in [1.807, 2.05) is 37.3 Å². The summed E-state index contributed by atoms with van der Waals surface area (Å²) in [5.74, 6) is -1.84. The maximum absolute atomic E-state index is 14.9. The molecule has 1 N–H and O–H groups in total. The number of halogens is 1. The van der Waals surface area contributed by atoms with E-state index in [-0.39, 0.29) is 23.4 Å². The van der Waals surface area contributed by atoms with E-state index in [4.69, 9.17) is 4.74 Å². The van der Waals surface area contributed by atoms with Crippen molar-refractivity contribution in [1.82, 2.24) is 4.90 Å². The molecule has 0 aromatic heterocycles. The smallest absolute Gasteiger partial charge is 0.295 e. The van der Waals surface area contributed by atoms with Crippen molar-refractivity contribution >= 4 is 17.4 Å². The second kappa shape index (κ2) is 10.3. The molecule has 4 rings (SSSR count). The van der Waals surface area contributed by atoms with E-state index in [0.29, 0.717) is 24.3 Å². The lowest BCUT2D eigenvalue weighted by Crippen LogP contribution is -2.32. The molecule has 6 heteroatoms. The minimum Gasteiger partial charge on any atom is -0.507 e. The predicted molar refractivity (Wildman–Crippen MR) is 128 cm³/mol. The number of benzene rings is 3. The quantitative estimate of drug-likeness (QED) is 0.283. The zero-order valence-corrected chi connectivity index (χ0v) is 18.9. The molecule has 1 saturated heterocycles. The van der Waals surface area contributed by atoms with Gasteiger partial charge in [0.15, 0.2) is 0 Å². The molecule has 3 aromatic rings. The lowest BCUT2D eigenvalue weighted by Gasteiger charge is -2.25. The first kappa shape index (κ1) is 23.2. The second-order valence-electron chi connectivity index (χ2n) is 8.12. The van der Waals surface area contributed by atoms with E-state index in [0.717, 1.165) is 12.0 Å². The molecule has 1 atom stereocenters. The van der Waals surface area contributed by atoms with Gasteiger partial charge >= 0.3 is 0 Å². The van der Waals surface area contributed by atoms with Crippen LogP contribution in [0.3, 0.4) is 0 Å². The third-order valence-electron chi connectivity index (χ3n) is 5.82. The number of aliphatic hydroxyl groups excluding tert-OH is 1. The first-order valence-corrected chi connectivity index (χ1v) is 11.3. The lowest BCUT2D eigenvalue weighted by atomic mass is 9.94. The molecular weight excluding hydrogens is 433 g/mol. The zero-order chi connectivity index (χ0) is 24.1. The average Bonchev–Trinajstić information content (AvgIpc) is 3.11. The third kappa shape index (κ3) is 4.71. The van der Waals surface area contributed by atoms with Crippen LogP contribution in [0.25, 0.3) is 5.76 Å². The molecule has 34 heavy (non-hydrogen) atoms. The molecule has 0 radical (unpaired) electrons. The number of likely N-dealkylation sites (tertiary alicyclic amines) is 1. The van der Waals surface area contributed by atoms with Crippen molar-refractivity contribution in [3.63, 3.8) is 0 Å². The fourth-order valence-corrected chi connectivity index (χ4v) is 4.11. The summed E-state index contributed by atoms with van der Waals surface area (Å²) in [6.07, 6.45) is 1.35. The lowest BCUT2D eigenvalue weighted by molar-refractivity contribution is -0.139. The molecule has 0 bridgehead atoms. The highest BCUT2D eigenvalue weighted by molar-refractivity contribution is 6.46. The van der Waals surface area contributed by atoms with E-state index in [1.54, 1.807) is 36.4 Å². The van der Waals surface area contributed by atoms with Gasteiger partial charge in [0.1, 0.15) is 17.3 Å². The Kier molecular flexibility index (Phi) is 7.07. The Hall–Kier alpha value is -3.93. The number of aliphatic hydroxyl groups is 1. The summed E-state index contributed by atoms with van der Waals surface area (Å²) >= 11 is 0. The number of carbonyl (C=O) groups excluding carboxylic acids is 2. The monoisotopic (exact) mass is 459 g/mol. The minimum atomic E-state index is -1.03. The summed E-state index contributed by atoms with van der Waals surface area (Å²) in [6, 6.07) is 21.1. The van der Waals surface area contributed by atoms with Gasteiger partial charge < -0.3 is 14.7 Å². The molecule has 0 saturated carbocycles. The van der Waals surface area contributed by atoms with Gasteiger partial charge in [-0.2, -0.15) is 0 Å². The molecule has 5 nitrogen and oxygen atoms in total. The number of hydrogen-bond acceptors (Lipinski definition) is 4. The van der Waals surface area contributed by atoms with Crippen LogP contribution in [-0.2, 0) is 16.0 Å². The summed E-state index contributed by atoms with van der Waals surface area (Å²) in [4.78, 5) is 27.5. The highest BCUT2D eigenvalue weighted by Gasteiger charge is 2.46. The van der Waals surface area contributed by atoms with Gasteiger partial charge in [0, 0.05) is 17.7 Å². The number of Topliss-reactive ketones (excluding diaryl/α,β-unsaturated/α-hetero) is 1. The first-order chi connectivity index (χ1) is 16.5. The van der Waals surface area contributed by atoms with Crippen LogP contribution in [0.1, 0.15) is 36.1 Å². The van der Waals surface area contributed by atoms with Crippen molar-refractivity contribution in [3.8, 4) is 5.75 Å². The molecule has 0 spiro atoms. The van der Waals surface area contributed by atoms with Crippen LogP contribution in [0.4, 0.5) is 4.39 Å². The largest absolute Gasteiger partial charge is 0.507 e. The topological polar surface area (TPSA) is 66.8 Å². The Balaban J connectivity index is 1.74. The number of ketones is 1. The van der Waals surface area contributed by atoms with Crippen molar-refractivity contribution in [2.45, 2.75) is 25.8 Å². The number of nitrogens with zero attached hydrogens (tertiary/aromatic N) is 1. The van der Waals surface area contributed by atoms with Gasteiger partial charge in [-0.05, 0) is 48.7 Å². The molecule has 1 aliphatic rings. The molecule has 1 amide bonds. The average molecular weight is 460 g/mol.